The van der Waals surface area contributed by atoms with E-state index in [0.717, 1.165) is 5.56 Å². The zero-order valence-corrected chi connectivity index (χ0v) is 17.2. The Morgan fingerprint density at radius 3 is 2.65 bits per heavy atom. The van der Waals surface area contributed by atoms with Crippen LogP contribution in [0.1, 0.15) is 33.4 Å². The summed E-state index contributed by atoms with van der Waals surface area (Å²) in [4.78, 5) is 13.6. The Labute approximate surface area is 179 Å². The number of furan rings is 1. The minimum absolute atomic E-state index is 0.159. The molecule has 7 heteroatoms. The van der Waals surface area contributed by atoms with Crippen LogP contribution in [0.3, 0.4) is 0 Å². The molecule has 0 amide bonds. The van der Waals surface area contributed by atoms with Gasteiger partial charge in [0.05, 0.1) is 25.5 Å². The molecule has 0 fully saturated rings. The van der Waals surface area contributed by atoms with E-state index in [1.807, 2.05) is 30.3 Å². The smallest absolute Gasteiger partial charge is 0.195 e. The molecule has 0 aliphatic rings. The molecule has 7 nitrogen and oxygen atoms in total. The van der Waals surface area contributed by atoms with Crippen molar-refractivity contribution in [3.8, 4) is 16.9 Å². The molecular formula is C24H22N2O5. The predicted octanol–water partition coefficient (Wildman–Crippen LogP) is 4.78. The number of methoxy groups -OCH3 is 1. The van der Waals surface area contributed by atoms with Crippen LogP contribution in [0.25, 0.3) is 11.1 Å². The molecule has 0 saturated heterocycles. The van der Waals surface area contributed by atoms with Crippen molar-refractivity contribution in [3.05, 3.63) is 89.7 Å². The molecule has 0 spiro atoms. The van der Waals surface area contributed by atoms with Gasteiger partial charge in [-0.25, -0.2) is 0 Å². The highest BCUT2D eigenvalue weighted by Crippen LogP contribution is 2.32. The number of aromatic nitrogens is 1. The van der Waals surface area contributed by atoms with E-state index >= 15 is 0 Å². The number of aliphatic hydroxyl groups is 1. The van der Waals surface area contributed by atoms with E-state index in [1.165, 1.54) is 6.26 Å². The summed E-state index contributed by atoms with van der Waals surface area (Å²) < 4.78 is 15.9. The van der Waals surface area contributed by atoms with Crippen molar-refractivity contribution in [1.82, 2.24) is 5.16 Å². The summed E-state index contributed by atoms with van der Waals surface area (Å²) in [5.74, 6) is 0.922. The van der Waals surface area contributed by atoms with Gasteiger partial charge in [-0.05, 0) is 30.2 Å². The van der Waals surface area contributed by atoms with Gasteiger partial charge in [0.25, 0.3) is 0 Å². The molecule has 2 aromatic carbocycles. The Morgan fingerprint density at radius 2 is 1.97 bits per heavy atom. The number of ketones is 1. The van der Waals surface area contributed by atoms with Crippen molar-refractivity contribution in [3.63, 3.8) is 0 Å². The summed E-state index contributed by atoms with van der Waals surface area (Å²) in [5, 5.41) is 16.8. The van der Waals surface area contributed by atoms with Crippen LogP contribution in [0.15, 0.2) is 76.1 Å². The van der Waals surface area contributed by atoms with Crippen LogP contribution in [0.4, 0.5) is 5.69 Å². The lowest BCUT2D eigenvalue weighted by molar-refractivity contribution is 0.0966. The number of nitrogens with one attached hydrogen (secondary N) is 1. The number of ether oxygens (including phenoxy) is 1. The van der Waals surface area contributed by atoms with Gasteiger partial charge in [0.15, 0.2) is 5.78 Å². The summed E-state index contributed by atoms with van der Waals surface area (Å²) in [7, 11) is 1.54. The molecule has 0 aliphatic heterocycles. The Kier molecular flexibility index (Phi) is 5.86. The van der Waals surface area contributed by atoms with Crippen LogP contribution in [-0.4, -0.2) is 23.2 Å². The average molecular weight is 418 g/mol. The van der Waals surface area contributed by atoms with Crippen molar-refractivity contribution in [1.29, 1.82) is 0 Å². The highest BCUT2D eigenvalue weighted by molar-refractivity contribution is 6.06. The van der Waals surface area contributed by atoms with Gasteiger partial charge in [0.1, 0.15) is 29.5 Å². The van der Waals surface area contributed by atoms with Gasteiger partial charge in [-0.3, -0.25) is 4.79 Å². The highest BCUT2D eigenvalue weighted by atomic mass is 16.5. The summed E-state index contributed by atoms with van der Waals surface area (Å²) in [6.07, 6.45) is 3.00. The van der Waals surface area contributed by atoms with E-state index in [9.17, 15) is 9.90 Å². The lowest BCUT2D eigenvalue weighted by Gasteiger charge is -2.18. The molecule has 2 aromatic heterocycles. The maximum absolute atomic E-state index is 13.6. The van der Waals surface area contributed by atoms with Gasteiger partial charge >= 0.3 is 0 Å². The first-order chi connectivity index (χ1) is 15.1. The van der Waals surface area contributed by atoms with Gasteiger partial charge in [-0.15, -0.1) is 0 Å². The summed E-state index contributed by atoms with van der Waals surface area (Å²) in [6, 6.07) is 15.7. The standard InChI is InChI=1S/C24H22N2O5/c1-15-8-22(26-31-15)23(25-18-9-16(12-27)10-19(11-18)29-2)24(28)21-14-30-13-20(21)17-6-4-3-5-7-17/h3-11,13-14,23,25,27H,12H2,1-2H3. The minimum Gasteiger partial charge on any atom is -0.497 e. The van der Waals surface area contributed by atoms with Crippen molar-refractivity contribution in [2.24, 2.45) is 0 Å². The third-order valence-electron chi connectivity index (χ3n) is 4.91. The number of rotatable bonds is 8. The Hall–Kier alpha value is -3.84. The Bertz CT molecular complexity index is 1160. The Morgan fingerprint density at radius 1 is 1.16 bits per heavy atom. The normalized spacial score (nSPS) is 11.8. The number of aliphatic hydroxyl groups excluding tert-OH is 1. The molecule has 0 radical (unpaired) electrons. The minimum atomic E-state index is -0.837. The van der Waals surface area contributed by atoms with Gasteiger partial charge in [0.2, 0.25) is 0 Å². The van der Waals surface area contributed by atoms with Crippen molar-refractivity contribution >= 4 is 11.5 Å². The fourth-order valence-electron chi connectivity index (χ4n) is 3.40. The topological polar surface area (TPSA) is 97.7 Å². The third-order valence-corrected chi connectivity index (χ3v) is 4.91. The van der Waals surface area contributed by atoms with Crippen LogP contribution in [0.2, 0.25) is 0 Å². The molecule has 4 aromatic rings. The third kappa shape index (κ3) is 4.36. The molecule has 4 rings (SSSR count). The fourth-order valence-corrected chi connectivity index (χ4v) is 3.40. The number of anilines is 1. The first kappa shape index (κ1) is 20.4. The molecule has 0 bridgehead atoms. The second kappa shape index (κ2) is 8.89. The first-order valence-corrected chi connectivity index (χ1v) is 9.73. The number of Topliss-reactive ketones (excluding diaryl/α,β-unsaturated/α-hetero) is 1. The monoisotopic (exact) mass is 418 g/mol. The number of carbonyl (C=O) groups is 1. The SMILES string of the molecule is COc1cc(CO)cc(NC(C(=O)c2cocc2-c2ccccc2)c2cc(C)on2)c1. The van der Waals surface area contributed by atoms with E-state index in [2.05, 4.69) is 10.5 Å². The summed E-state index contributed by atoms with van der Waals surface area (Å²) in [5.41, 5.74) is 3.69. The highest BCUT2D eigenvalue weighted by Gasteiger charge is 2.29. The van der Waals surface area contributed by atoms with Crippen molar-refractivity contribution in [2.45, 2.75) is 19.6 Å². The van der Waals surface area contributed by atoms with Crippen LogP contribution in [-0.2, 0) is 6.61 Å². The molecule has 31 heavy (non-hydrogen) atoms. The van der Waals surface area contributed by atoms with Crippen LogP contribution in [0, 0.1) is 6.92 Å². The van der Waals surface area contributed by atoms with E-state index in [4.69, 9.17) is 13.7 Å². The van der Waals surface area contributed by atoms with Crippen molar-refractivity contribution < 1.29 is 23.6 Å². The molecule has 1 atom stereocenters. The zero-order chi connectivity index (χ0) is 21.8. The van der Waals surface area contributed by atoms with Gasteiger partial charge in [-0.2, -0.15) is 0 Å². The van der Waals surface area contributed by atoms with E-state index in [-0.39, 0.29) is 12.4 Å². The van der Waals surface area contributed by atoms with Gasteiger partial charge in [0, 0.05) is 23.4 Å². The first-order valence-electron chi connectivity index (χ1n) is 9.73. The average Bonchev–Trinajstić information content (AvgIpc) is 3.46. The predicted molar refractivity (Wildman–Crippen MR) is 115 cm³/mol. The second-order valence-electron chi connectivity index (χ2n) is 7.10. The molecule has 158 valence electrons. The number of benzene rings is 2. The maximum atomic E-state index is 13.6. The van der Waals surface area contributed by atoms with Crippen LogP contribution >= 0.6 is 0 Å². The number of nitrogens with zero attached hydrogens (tertiary/aromatic N) is 1. The van der Waals surface area contributed by atoms with E-state index in [0.29, 0.717) is 39.6 Å². The lowest BCUT2D eigenvalue weighted by atomic mass is 9.96. The van der Waals surface area contributed by atoms with Gasteiger partial charge < -0.3 is 24.1 Å². The maximum Gasteiger partial charge on any atom is 0.195 e. The number of hydrogen-bond acceptors (Lipinski definition) is 7. The number of aryl methyl sites for hydroxylation is 1. The van der Waals surface area contributed by atoms with Crippen molar-refractivity contribution in [2.75, 3.05) is 12.4 Å². The Balaban J connectivity index is 1.74. The zero-order valence-electron chi connectivity index (χ0n) is 17.2. The fraction of sp³-hybridized carbons (Fsp3) is 0.167. The molecule has 2 heterocycles. The lowest BCUT2D eigenvalue weighted by Crippen LogP contribution is -2.22. The van der Waals surface area contributed by atoms with Crippen LogP contribution in [0.5, 0.6) is 5.75 Å². The summed E-state index contributed by atoms with van der Waals surface area (Å²) >= 11 is 0. The van der Waals surface area contributed by atoms with E-state index < -0.39 is 6.04 Å². The number of hydrogen-bond donors (Lipinski definition) is 2. The van der Waals surface area contributed by atoms with Crippen LogP contribution < -0.4 is 10.1 Å². The molecular weight excluding hydrogens is 396 g/mol. The largest absolute Gasteiger partial charge is 0.497 e. The second-order valence-corrected chi connectivity index (χ2v) is 7.10. The molecule has 2 N–H and O–H groups in total. The van der Waals surface area contributed by atoms with Gasteiger partial charge in [-0.1, -0.05) is 35.5 Å². The van der Waals surface area contributed by atoms with E-state index in [1.54, 1.807) is 44.6 Å². The quantitative estimate of drug-likeness (QED) is 0.397. The molecule has 0 saturated carbocycles. The molecule has 1 unspecified atom stereocenters. The number of carbonyl (C=O) groups excluding carboxylic acids is 1. The molecule has 0 aliphatic carbocycles. The summed E-state index contributed by atoms with van der Waals surface area (Å²) in [6.45, 7) is 1.61.